The summed E-state index contributed by atoms with van der Waals surface area (Å²) in [7, 11) is 0. The number of nitrogens with two attached hydrogens (primary N) is 1. The SMILES string of the molecule is Cc1cccc(N)c1C(=O)Nc1ccnn1C(C)C. The minimum atomic E-state index is -0.210. The third-order valence-electron chi connectivity index (χ3n) is 2.93. The van der Waals surface area contributed by atoms with Gasteiger partial charge in [-0.3, -0.25) is 4.79 Å². The van der Waals surface area contributed by atoms with Crippen molar-refractivity contribution in [3.8, 4) is 0 Å². The third-order valence-corrected chi connectivity index (χ3v) is 2.93. The summed E-state index contributed by atoms with van der Waals surface area (Å²) in [5.41, 5.74) is 7.71. The molecule has 0 saturated carbocycles. The van der Waals surface area contributed by atoms with E-state index < -0.39 is 0 Å². The molecular formula is C14H18N4O. The molecular weight excluding hydrogens is 240 g/mol. The highest BCUT2D eigenvalue weighted by atomic mass is 16.1. The van der Waals surface area contributed by atoms with Crippen molar-refractivity contribution in [2.75, 3.05) is 11.1 Å². The van der Waals surface area contributed by atoms with Crippen molar-refractivity contribution in [2.45, 2.75) is 26.8 Å². The molecule has 100 valence electrons. The Hall–Kier alpha value is -2.30. The van der Waals surface area contributed by atoms with Gasteiger partial charge in [0.1, 0.15) is 5.82 Å². The predicted octanol–water partition coefficient (Wildman–Crippen LogP) is 2.61. The van der Waals surface area contributed by atoms with Gasteiger partial charge in [0.25, 0.3) is 5.91 Å². The molecule has 0 unspecified atom stereocenters. The molecule has 0 aliphatic heterocycles. The Balaban J connectivity index is 2.29. The van der Waals surface area contributed by atoms with Crippen LogP contribution in [0.1, 0.15) is 35.8 Å². The summed E-state index contributed by atoms with van der Waals surface area (Å²) >= 11 is 0. The maximum absolute atomic E-state index is 12.3. The van der Waals surface area contributed by atoms with Gasteiger partial charge in [0.05, 0.1) is 11.8 Å². The number of rotatable bonds is 3. The maximum Gasteiger partial charge on any atom is 0.259 e. The minimum absolute atomic E-state index is 0.180. The van der Waals surface area contributed by atoms with Gasteiger partial charge in [0.2, 0.25) is 0 Å². The van der Waals surface area contributed by atoms with Crippen molar-refractivity contribution < 1.29 is 4.79 Å². The fourth-order valence-electron chi connectivity index (χ4n) is 2.00. The van der Waals surface area contributed by atoms with E-state index in [-0.39, 0.29) is 11.9 Å². The summed E-state index contributed by atoms with van der Waals surface area (Å²) in [6, 6.07) is 7.37. The first kappa shape index (κ1) is 13.1. The van der Waals surface area contributed by atoms with Crippen LogP contribution in [0, 0.1) is 6.92 Å². The summed E-state index contributed by atoms with van der Waals surface area (Å²) < 4.78 is 1.76. The highest BCUT2D eigenvalue weighted by Crippen LogP contribution is 2.19. The molecule has 3 N–H and O–H groups in total. The number of amides is 1. The van der Waals surface area contributed by atoms with Crippen LogP contribution in [0.3, 0.4) is 0 Å². The number of anilines is 2. The minimum Gasteiger partial charge on any atom is -0.398 e. The standard InChI is InChI=1S/C14H18N4O/c1-9(2)18-12(7-8-16-18)17-14(19)13-10(3)5-4-6-11(13)15/h4-9H,15H2,1-3H3,(H,17,19). The Labute approximate surface area is 112 Å². The van der Waals surface area contributed by atoms with E-state index in [1.165, 1.54) is 0 Å². The molecule has 1 aromatic heterocycles. The molecule has 19 heavy (non-hydrogen) atoms. The van der Waals surface area contributed by atoms with Gasteiger partial charge in [-0.1, -0.05) is 12.1 Å². The summed E-state index contributed by atoms with van der Waals surface area (Å²) in [6.07, 6.45) is 1.66. The Morgan fingerprint density at radius 1 is 1.37 bits per heavy atom. The molecule has 1 heterocycles. The van der Waals surface area contributed by atoms with Crippen LogP contribution < -0.4 is 11.1 Å². The van der Waals surface area contributed by atoms with Crippen LogP contribution in [0.2, 0.25) is 0 Å². The van der Waals surface area contributed by atoms with Gasteiger partial charge in [-0.05, 0) is 32.4 Å². The third kappa shape index (κ3) is 2.59. The largest absolute Gasteiger partial charge is 0.398 e. The summed E-state index contributed by atoms with van der Waals surface area (Å²) in [4.78, 5) is 12.3. The number of aryl methyl sites for hydroxylation is 1. The average molecular weight is 258 g/mol. The first-order valence-electron chi connectivity index (χ1n) is 6.20. The van der Waals surface area contributed by atoms with Gasteiger partial charge in [-0.25, -0.2) is 4.68 Å². The molecule has 2 rings (SSSR count). The second kappa shape index (κ2) is 5.14. The number of aromatic nitrogens is 2. The monoisotopic (exact) mass is 258 g/mol. The van der Waals surface area contributed by atoms with Crippen LogP contribution >= 0.6 is 0 Å². The van der Waals surface area contributed by atoms with Crippen LogP contribution in [0.5, 0.6) is 0 Å². The normalized spacial score (nSPS) is 10.7. The molecule has 1 aromatic carbocycles. The molecule has 5 nitrogen and oxygen atoms in total. The number of hydrogen-bond donors (Lipinski definition) is 2. The van der Waals surface area contributed by atoms with Crippen molar-refractivity contribution >= 4 is 17.4 Å². The van der Waals surface area contributed by atoms with Gasteiger partial charge in [0, 0.05) is 17.8 Å². The van der Waals surface area contributed by atoms with Gasteiger partial charge in [0.15, 0.2) is 0 Å². The van der Waals surface area contributed by atoms with E-state index in [0.29, 0.717) is 17.1 Å². The zero-order valence-corrected chi connectivity index (χ0v) is 11.3. The summed E-state index contributed by atoms with van der Waals surface area (Å²) in [5, 5.41) is 7.03. The van der Waals surface area contributed by atoms with Crippen LogP contribution in [0.15, 0.2) is 30.5 Å². The van der Waals surface area contributed by atoms with E-state index in [2.05, 4.69) is 10.4 Å². The number of benzene rings is 1. The van der Waals surface area contributed by atoms with Crippen LogP contribution in [-0.4, -0.2) is 15.7 Å². The summed E-state index contributed by atoms with van der Waals surface area (Å²) in [6.45, 7) is 5.88. The molecule has 2 aromatic rings. The molecule has 0 radical (unpaired) electrons. The van der Waals surface area contributed by atoms with Gasteiger partial charge in [-0.15, -0.1) is 0 Å². The zero-order chi connectivity index (χ0) is 14.0. The van der Waals surface area contributed by atoms with Crippen molar-refractivity contribution in [1.82, 2.24) is 9.78 Å². The highest BCUT2D eigenvalue weighted by Gasteiger charge is 2.15. The number of nitrogens with zero attached hydrogens (tertiary/aromatic N) is 2. The highest BCUT2D eigenvalue weighted by molar-refractivity contribution is 6.08. The van der Waals surface area contributed by atoms with E-state index in [9.17, 15) is 4.79 Å². The molecule has 0 saturated heterocycles. The lowest BCUT2D eigenvalue weighted by Gasteiger charge is -2.13. The van der Waals surface area contributed by atoms with Gasteiger partial charge >= 0.3 is 0 Å². The second-order valence-corrected chi connectivity index (χ2v) is 4.75. The second-order valence-electron chi connectivity index (χ2n) is 4.75. The fourth-order valence-corrected chi connectivity index (χ4v) is 2.00. The van der Waals surface area contributed by atoms with E-state index >= 15 is 0 Å². The molecule has 0 bridgehead atoms. The Kier molecular flexibility index (Phi) is 3.55. The van der Waals surface area contributed by atoms with Crippen molar-refractivity contribution in [3.63, 3.8) is 0 Å². The first-order chi connectivity index (χ1) is 9.00. The number of carbonyl (C=O) groups excluding carboxylic acids is 1. The molecule has 0 aliphatic carbocycles. The lowest BCUT2D eigenvalue weighted by atomic mass is 10.1. The molecule has 0 fully saturated rings. The molecule has 0 aliphatic rings. The first-order valence-corrected chi connectivity index (χ1v) is 6.20. The number of nitrogens with one attached hydrogen (secondary N) is 1. The van der Waals surface area contributed by atoms with Gasteiger partial charge in [-0.2, -0.15) is 5.10 Å². The maximum atomic E-state index is 12.3. The Bertz CT molecular complexity index is 581. The Morgan fingerprint density at radius 2 is 2.11 bits per heavy atom. The lowest BCUT2D eigenvalue weighted by Crippen LogP contribution is -2.19. The van der Waals surface area contributed by atoms with E-state index in [1.54, 1.807) is 23.0 Å². The van der Waals surface area contributed by atoms with E-state index in [1.807, 2.05) is 32.9 Å². The molecule has 0 atom stereocenters. The number of nitrogen functional groups attached to an aromatic ring is 1. The molecule has 5 heteroatoms. The van der Waals surface area contributed by atoms with Crippen LogP contribution in [-0.2, 0) is 0 Å². The van der Waals surface area contributed by atoms with Crippen LogP contribution in [0.4, 0.5) is 11.5 Å². The van der Waals surface area contributed by atoms with Crippen molar-refractivity contribution in [3.05, 3.63) is 41.6 Å². The van der Waals surface area contributed by atoms with E-state index in [4.69, 9.17) is 5.73 Å². The van der Waals surface area contributed by atoms with Crippen molar-refractivity contribution in [2.24, 2.45) is 0 Å². The smallest absolute Gasteiger partial charge is 0.259 e. The zero-order valence-electron chi connectivity index (χ0n) is 11.3. The fraction of sp³-hybridized carbons (Fsp3) is 0.286. The lowest BCUT2D eigenvalue weighted by molar-refractivity contribution is 0.102. The summed E-state index contributed by atoms with van der Waals surface area (Å²) in [5.74, 6) is 0.459. The molecule has 1 amide bonds. The molecule has 0 spiro atoms. The number of carbonyl (C=O) groups is 1. The number of hydrogen-bond acceptors (Lipinski definition) is 3. The van der Waals surface area contributed by atoms with Crippen LogP contribution in [0.25, 0.3) is 0 Å². The average Bonchev–Trinajstić information content (AvgIpc) is 2.76. The van der Waals surface area contributed by atoms with E-state index in [0.717, 1.165) is 5.56 Å². The predicted molar refractivity (Wildman–Crippen MR) is 76.2 cm³/mol. The van der Waals surface area contributed by atoms with Crippen molar-refractivity contribution in [1.29, 1.82) is 0 Å². The topological polar surface area (TPSA) is 72.9 Å². The quantitative estimate of drug-likeness (QED) is 0.831. The van der Waals surface area contributed by atoms with Gasteiger partial charge < -0.3 is 11.1 Å². The Morgan fingerprint density at radius 3 is 2.74 bits per heavy atom.